The van der Waals surface area contributed by atoms with Crippen molar-refractivity contribution in [2.24, 2.45) is 0 Å². The number of pyridine rings is 3. The third kappa shape index (κ3) is 5.20. The molecule has 0 radical (unpaired) electrons. The normalized spacial score (nSPS) is 13.3. The van der Waals surface area contributed by atoms with E-state index in [1.54, 1.807) is 0 Å². The van der Waals surface area contributed by atoms with Gasteiger partial charge in [0, 0.05) is 43.1 Å². The smallest absolute Gasteiger partial charge is 0.229 e. The predicted molar refractivity (Wildman–Crippen MR) is 120 cm³/mol. The van der Waals surface area contributed by atoms with Crippen molar-refractivity contribution in [3.8, 4) is 5.69 Å². The molecule has 0 fully saturated rings. The number of rotatable bonds is 8. The highest BCUT2D eigenvalue weighted by Gasteiger charge is 2.18. The zero-order chi connectivity index (χ0) is 20.8. The molecule has 0 bridgehead atoms. The topological polar surface area (TPSA) is 41.7 Å². The standard InChI is InChI=1S/C25H33N4/c1-18(2)24-10-6-7-14-29(24)22-15-21(16-27-17-22)19(3)12-13-20(4)23-9-8-11-25(26-5)28-23/h6-11,14-20H,12-13H2,1-5H3,(H,26,28)/q+1. The Morgan fingerprint density at radius 3 is 2.48 bits per heavy atom. The first-order valence-corrected chi connectivity index (χ1v) is 10.6. The lowest BCUT2D eigenvalue weighted by atomic mass is 9.91. The molecule has 4 heteroatoms. The number of nitrogens with one attached hydrogen (secondary N) is 1. The van der Waals surface area contributed by atoms with Gasteiger partial charge in [-0.1, -0.05) is 39.8 Å². The van der Waals surface area contributed by atoms with Crippen LogP contribution in [0.5, 0.6) is 0 Å². The number of hydrogen-bond donors (Lipinski definition) is 1. The maximum atomic E-state index is 4.70. The summed E-state index contributed by atoms with van der Waals surface area (Å²) in [6, 6.07) is 14.9. The second-order valence-corrected chi connectivity index (χ2v) is 8.20. The molecule has 0 amide bonds. The Morgan fingerprint density at radius 1 is 0.931 bits per heavy atom. The SMILES string of the molecule is CNc1cccc(C(C)CCC(C)c2cncc(-[n+]3ccccc3C(C)C)c2)n1. The van der Waals surface area contributed by atoms with Gasteiger partial charge in [-0.15, -0.1) is 0 Å². The van der Waals surface area contributed by atoms with Crippen LogP contribution in [-0.2, 0) is 0 Å². The third-order valence-electron chi connectivity index (χ3n) is 5.64. The quantitative estimate of drug-likeness (QED) is 0.509. The largest absolute Gasteiger partial charge is 0.373 e. The predicted octanol–water partition coefficient (Wildman–Crippen LogP) is 5.61. The van der Waals surface area contributed by atoms with Gasteiger partial charge in [-0.05, 0) is 42.4 Å². The minimum Gasteiger partial charge on any atom is -0.373 e. The van der Waals surface area contributed by atoms with Crippen LogP contribution in [0.25, 0.3) is 5.69 Å². The molecule has 0 spiro atoms. The van der Waals surface area contributed by atoms with Crippen LogP contribution in [0.4, 0.5) is 5.82 Å². The molecule has 2 unspecified atom stereocenters. The van der Waals surface area contributed by atoms with Crippen LogP contribution in [0, 0.1) is 0 Å². The fourth-order valence-electron chi connectivity index (χ4n) is 3.69. The summed E-state index contributed by atoms with van der Waals surface area (Å²) in [6.45, 7) is 9.01. The second kappa shape index (κ2) is 9.64. The summed E-state index contributed by atoms with van der Waals surface area (Å²) >= 11 is 0. The van der Waals surface area contributed by atoms with E-state index in [-0.39, 0.29) is 0 Å². The van der Waals surface area contributed by atoms with Crippen molar-refractivity contribution in [2.45, 2.75) is 58.3 Å². The highest BCUT2D eigenvalue weighted by atomic mass is 15.0. The third-order valence-corrected chi connectivity index (χ3v) is 5.64. The molecule has 0 saturated carbocycles. The average molecular weight is 390 g/mol. The molecule has 3 aromatic rings. The molecule has 29 heavy (non-hydrogen) atoms. The molecule has 3 aromatic heterocycles. The first-order chi connectivity index (χ1) is 14.0. The number of nitrogens with zero attached hydrogens (tertiary/aromatic N) is 3. The van der Waals surface area contributed by atoms with Crippen molar-refractivity contribution in [3.05, 3.63) is 78.0 Å². The number of aromatic nitrogens is 3. The van der Waals surface area contributed by atoms with Crippen LogP contribution in [0.1, 0.15) is 75.2 Å². The molecular weight excluding hydrogens is 356 g/mol. The summed E-state index contributed by atoms with van der Waals surface area (Å²) in [4.78, 5) is 9.24. The van der Waals surface area contributed by atoms with Gasteiger partial charge in [-0.25, -0.2) is 4.98 Å². The van der Waals surface area contributed by atoms with Crippen molar-refractivity contribution in [1.82, 2.24) is 9.97 Å². The van der Waals surface area contributed by atoms with E-state index in [1.807, 2.05) is 25.5 Å². The van der Waals surface area contributed by atoms with Crippen LogP contribution in [0.2, 0.25) is 0 Å². The Bertz CT molecular complexity index is 935. The van der Waals surface area contributed by atoms with Gasteiger partial charge in [-0.2, -0.15) is 4.57 Å². The maximum absolute atomic E-state index is 4.70. The fourth-order valence-corrected chi connectivity index (χ4v) is 3.69. The average Bonchev–Trinajstić information content (AvgIpc) is 2.77. The lowest BCUT2D eigenvalue weighted by Gasteiger charge is -2.16. The van der Waals surface area contributed by atoms with Crippen LogP contribution in [0.3, 0.4) is 0 Å². The monoisotopic (exact) mass is 389 g/mol. The molecule has 2 atom stereocenters. The molecule has 3 rings (SSSR count). The van der Waals surface area contributed by atoms with E-state index in [0.717, 1.165) is 30.0 Å². The highest BCUT2D eigenvalue weighted by molar-refractivity contribution is 5.35. The lowest BCUT2D eigenvalue weighted by molar-refractivity contribution is -0.606. The summed E-state index contributed by atoms with van der Waals surface area (Å²) < 4.78 is 2.25. The van der Waals surface area contributed by atoms with Crippen molar-refractivity contribution in [2.75, 3.05) is 12.4 Å². The lowest BCUT2D eigenvalue weighted by Crippen LogP contribution is -2.36. The Kier molecular flexibility index (Phi) is 6.97. The first-order valence-electron chi connectivity index (χ1n) is 10.6. The molecule has 0 aliphatic carbocycles. The zero-order valence-electron chi connectivity index (χ0n) is 18.3. The minimum absolute atomic E-state index is 0.429. The van der Waals surface area contributed by atoms with Crippen molar-refractivity contribution < 1.29 is 4.57 Å². The van der Waals surface area contributed by atoms with Gasteiger partial charge >= 0.3 is 0 Å². The van der Waals surface area contributed by atoms with Gasteiger partial charge in [0.15, 0.2) is 11.9 Å². The highest BCUT2D eigenvalue weighted by Crippen LogP contribution is 2.27. The van der Waals surface area contributed by atoms with Gasteiger partial charge in [0.2, 0.25) is 5.69 Å². The maximum Gasteiger partial charge on any atom is 0.229 e. The van der Waals surface area contributed by atoms with E-state index in [9.17, 15) is 0 Å². The van der Waals surface area contributed by atoms with Crippen LogP contribution >= 0.6 is 0 Å². The molecule has 1 N–H and O–H groups in total. The van der Waals surface area contributed by atoms with E-state index < -0.39 is 0 Å². The molecule has 152 valence electrons. The summed E-state index contributed by atoms with van der Waals surface area (Å²) in [5.74, 6) is 2.27. The van der Waals surface area contributed by atoms with E-state index in [1.165, 1.54) is 11.3 Å². The second-order valence-electron chi connectivity index (χ2n) is 8.20. The number of hydrogen-bond acceptors (Lipinski definition) is 3. The van der Waals surface area contributed by atoms with E-state index in [4.69, 9.17) is 4.98 Å². The minimum atomic E-state index is 0.429. The van der Waals surface area contributed by atoms with Crippen LogP contribution in [-0.4, -0.2) is 17.0 Å². The zero-order valence-corrected chi connectivity index (χ0v) is 18.3. The Labute approximate surface area is 175 Å². The summed E-state index contributed by atoms with van der Waals surface area (Å²) in [6.07, 6.45) is 8.30. The first kappa shape index (κ1) is 21.0. The molecule has 0 aromatic carbocycles. The van der Waals surface area contributed by atoms with E-state index in [0.29, 0.717) is 17.8 Å². The summed E-state index contributed by atoms with van der Waals surface area (Å²) in [5, 5.41) is 3.13. The molecule has 4 nitrogen and oxygen atoms in total. The Hall–Kier alpha value is -2.75. The van der Waals surface area contributed by atoms with Gasteiger partial charge in [0.25, 0.3) is 0 Å². The van der Waals surface area contributed by atoms with Crippen molar-refractivity contribution in [1.29, 1.82) is 0 Å². The molecule has 0 aliphatic heterocycles. The molecular formula is C25H33N4+. The molecule has 0 saturated heterocycles. The Morgan fingerprint density at radius 2 is 1.72 bits per heavy atom. The Balaban J connectivity index is 1.72. The molecule has 3 heterocycles. The van der Waals surface area contributed by atoms with E-state index in [2.05, 4.69) is 85.2 Å². The van der Waals surface area contributed by atoms with Crippen LogP contribution in [0.15, 0.2) is 61.1 Å². The van der Waals surface area contributed by atoms with Crippen molar-refractivity contribution in [3.63, 3.8) is 0 Å². The summed E-state index contributed by atoms with van der Waals surface area (Å²) in [5.41, 5.74) is 4.87. The van der Waals surface area contributed by atoms with Crippen LogP contribution < -0.4 is 9.88 Å². The van der Waals surface area contributed by atoms with E-state index >= 15 is 0 Å². The fraction of sp³-hybridized carbons (Fsp3) is 0.400. The van der Waals surface area contributed by atoms with Gasteiger partial charge < -0.3 is 5.32 Å². The van der Waals surface area contributed by atoms with Gasteiger partial charge in [-0.3, -0.25) is 4.98 Å². The summed E-state index contributed by atoms with van der Waals surface area (Å²) in [7, 11) is 1.91. The molecule has 0 aliphatic rings. The van der Waals surface area contributed by atoms with Gasteiger partial charge in [0.1, 0.15) is 5.82 Å². The van der Waals surface area contributed by atoms with Gasteiger partial charge in [0.05, 0.1) is 6.20 Å². The number of anilines is 1. The van der Waals surface area contributed by atoms with Crippen molar-refractivity contribution >= 4 is 5.82 Å².